The van der Waals surface area contributed by atoms with Crippen LogP contribution < -0.4 is 10.6 Å². The molecule has 2 heterocycles. The van der Waals surface area contributed by atoms with Crippen LogP contribution in [0, 0.1) is 6.92 Å². The maximum absolute atomic E-state index is 11.7. The summed E-state index contributed by atoms with van der Waals surface area (Å²) < 4.78 is 0. The van der Waals surface area contributed by atoms with Crippen molar-refractivity contribution in [3.8, 4) is 0 Å². The van der Waals surface area contributed by atoms with Gasteiger partial charge in [-0.2, -0.15) is 0 Å². The highest BCUT2D eigenvalue weighted by Gasteiger charge is 2.21. The van der Waals surface area contributed by atoms with Gasteiger partial charge in [-0.05, 0) is 26.3 Å². The number of hydrogen-bond acceptors (Lipinski definition) is 4. The van der Waals surface area contributed by atoms with Crippen LogP contribution in [0.2, 0.25) is 0 Å². The Morgan fingerprint density at radius 3 is 3.06 bits per heavy atom. The molecule has 1 saturated heterocycles. The Bertz CT molecular complexity index is 357. The van der Waals surface area contributed by atoms with Gasteiger partial charge in [-0.15, -0.1) is 0 Å². The first kappa shape index (κ1) is 11.0. The van der Waals surface area contributed by atoms with Gasteiger partial charge in [0.25, 0.3) is 0 Å². The predicted octanol–water partition coefficient (Wildman–Crippen LogP) is 0.153. The molecule has 1 aliphatic rings. The van der Waals surface area contributed by atoms with Crippen molar-refractivity contribution in [2.24, 2.45) is 0 Å². The Morgan fingerprint density at radius 1 is 1.56 bits per heavy atom. The number of nitrogens with one attached hydrogen (secondary N) is 2. The second-order valence-corrected chi connectivity index (χ2v) is 4.02. The predicted molar refractivity (Wildman–Crippen MR) is 59.6 cm³/mol. The van der Waals surface area contributed by atoms with Crippen LogP contribution in [-0.2, 0) is 11.3 Å². The first-order valence-electron chi connectivity index (χ1n) is 5.54. The summed E-state index contributed by atoms with van der Waals surface area (Å²) in [7, 11) is 0. The summed E-state index contributed by atoms with van der Waals surface area (Å²) in [5.74, 6) is 0.0554. The van der Waals surface area contributed by atoms with Crippen molar-refractivity contribution < 1.29 is 4.79 Å². The highest BCUT2D eigenvalue weighted by molar-refractivity contribution is 5.81. The third kappa shape index (κ3) is 2.76. The number of carbonyl (C=O) groups excluding carboxylic acids is 1. The number of nitrogens with zero attached hydrogens (tertiary/aromatic N) is 2. The van der Waals surface area contributed by atoms with Crippen LogP contribution in [-0.4, -0.2) is 28.5 Å². The van der Waals surface area contributed by atoms with Crippen molar-refractivity contribution in [1.29, 1.82) is 0 Å². The van der Waals surface area contributed by atoms with E-state index in [4.69, 9.17) is 0 Å². The van der Waals surface area contributed by atoms with Crippen LogP contribution in [0.5, 0.6) is 0 Å². The lowest BCUT2D eigenvalue weighted by Gasteiger charge is -2.10. The second kappa shape index (κ2) is 5.03. The smallest absolute Gasteiger partial charge is 0.237 e. The summed E-state index contributed by atoms with van der Waals surface area (Å²) in [6, 6.07) is -0.0293. The van der Waals surface area contributed by atoms with Crippen molar-refractivity contribution in [3.05, 3.63) is 23.8 Å². The standard InChI is InChI=1S/C11H16N4O/c1-8-5-14-9(6-13-8)7-15-11(16)10-3-2-4-12-10/h5-6,10,12H,2-4,7H2,1H3,(H,15,16)/t10-/m0/s1. The normalized spacial score (nSPS) is 19.7. The summed E-state index contributed by atoms with van der Waals surface area (Å²) in [5, 5.41) is 6.01. The first-order valence-corrected chi connectivity index (χ1v) is 5.54. The highest BCUT2D eigenvalue weighted by Crippen LogP contribution is 2.04. The van der Waals surface area contributed by atoms with E-state index >= 15 is 0 Å². The lowest BCUT2D eigenvalue weighted by molar-refractivity contribution is -0.122. The van der Waals surface area contributed by atoms with E-state index in [1.807, 2.05) is 6.92 Å². The Morgan fingerprint density at radius 2 is 2.44 bits per heavy atom. The maximum atomic E-state index is 11.7. The average Bonchev–Trinajstić information content (AvgIpc) is 2.81. The summed E-state index contributed by atoms with van der Waals surface area (Å²) >= 11 is 0. The molecule has 5 heteroatoms. The third-order valence-electron chi connectivity index (χ3n) is 2.65. The van der Waals surface area contributed by atoms with Gasteiger partial charge in [0.15, 0.2) is 0 Å². The molecule has 0 radical (unpaired) electrons. The van der Waals surface area contributed by atoms with Crippen molar-refractivity contribution in [2.75, 3.05) is 6.54 Å². The molecule has 0 unspecified atom stereocenters. The highest BCUT2D eigenvalue weighted by atomic mass is 16.2. The SMILES string of the molecule is Cc1cnc(CNC(=O)[C@@H]2CCCN2)cn1. The molecule has 0 saturated carbocycles. The van der Waals surface area contributed by atoms with Crippen molar-refractivity contribution in [2.45, 2.75) is 32.4 Å². The lowest BCUT2D eigenvalue weighted by atomic mass is 10.2. The zero-order valence-electron chi connectivity index (χ0n) is 9.36. The molecule has 0 spiro atoms. The molecule has 2 rings (SSSR count). The van der Waals surface area contributed by atoms with Crippen molar-refractivity contribution in [1.82, 2.24) is 20.6 Å². The molecule has 0 bridgehead atoms. The van der Waals surface area contributed by atoms with E-state index in [2.05, 4.69) is 20.6 Å². The van der Waals surface area contributed by atoms with E-state index in [0.29, 0.717) is 6.54 Å². The third-order valence-corrected chi connectivity index (χ3v) is 2.65. The number of aryl methyl sites for hydroxylation is 1. The van der Waals surface area contributed by atoms with Gasteiger partial charge in [0.1, 0.15) is 0 Å². The first-order chi connectivity index (χ1) is 7.75. The minimum absolute atomic E-state index is 0.0293. The summed E-state index contributed by atoms with van der Waals surface area (Å²) in [6.07, 6.45) is 5.39. The number of hydrogen-bond donors (Lipinski definition) is 2. The Hall–Kier alpha value is -1.49. The van der Waals surface area contributed by atoms with Gasteiger partial charge in [0.2, 0.25) is 5.91 Å². The van der Waals surface area contributed by atoms with Crippen LogP contribution in [0.15, 0.2) is 12.4 Å². The fraction of sp³-hybridized carbons (Fsp3) is 0.545. The molecular formula is C11H16N4O. The quantitative estimate of drug-likeness (QED) is 0.761. The molecule has 16 heavy (non-hydrogen) atoms. The van der Waals surface area contributed by atoms with Crippen LogP contribution in [0.4, 0.5) is 0 Å². The molecule has 1 amide bonds. The largest absolute Gasteiger partial charge is 0.349 e. The molecule has 5 nitrogen and oxygen atoms in total. The van der Waals surface area contributed by atoms with E-state index in [-0.39, 0.29) is 11.9 Å². The van der Waals surface area contributed by atoms with E-state index in [9.17, 15) is 4.79 Å². The second-order valence-electron chi connectivity index (χ2n) is 4.02. The zero-order valence-corrected chi connectivity index (χ0v) is 9.36. The van der Waals surface area contributed by atoms with E-state index in [1.54, 1.807) is 12.4 Å². The van der Waals surface area contributed by atoms with Crippen LogP contribution >= 0.6 is 0 Å². The monoisotopic (exact) mass is 220 g/mol. The fourth-order valence-corrected chi connectivity index (χ4v) is 1.72. The topological polar surface area (TPSA) is 66.9 Å². The molecule has 1 fully saturated rings. The maximum Gasteiger partial charge on any atom is 0.237 e. The lowest BCUT2D eigenvalue weighted by Crippen LogP contribution is -2.40. The van der Waals surface area contributed by atoms with Gasteiger partial charge in [-0.25, -0.2) is 0 Å². The van der Waals surface area contributed by atoms with E-state index in [0.717, 1.165) is 30.8 Å². The summed E-state index contributed by atoms with van der Waals surface area (Å²) in [5.41, 5.74) is 1.67. The molecule has 86 valence electrons. The van der Waals surface area contributed by atoms with Crippen molar-refractivity contribution >= 4 is 5.91 Å². The molecule has 1 atom stereocenters. The number of amides is 1. The van der Waals surface area contributed by atoms with Crippen LogP contribution in [0.1, 0.15) is 24.2 Å². The van der Waals surface area contributed by atoms with Gasteiger partial charge in [0, 0.05) is 6.20 Å². The molecule has 0 aliphatic carbocycles. The minimum Gasteiger partial charge on any atom is -0.349 e. The number of aromatic nitrogens is 2. The van der Waals surface area contributed by atoms with Gasteiger partial charge in [-0.1, -0.05) is 0 Å². The van der Waals surface area contributed by atoms with Gasteiger partial charge >= 0.3 is 0 Å². The van der Waals surface area contributed by atoms with E-state index in [1.165, 1.54) is 0 Å². The average molecular weight is 220 g/mol. The molecule has 0 aromatic carbocycles. The molecule has 2 N–H and O–H groups in total. The van der Waals surface area contributed by atoms with Crippen LogP contribution in [0.25, 0.3) is 0 Å². The molecular weight excluding hydrogens is 204 g/mol. The van der Waals surface area contributed by atoms with E-state index < -0.39 is 0 Å². The minimum atomic E-state index is -0.0293. The Balaban J connectivity index is 1.82. The number of carbonyl (C=O) groups is 1. The van der Waals surface area contributed by atoms with Gasteiger partial charge in [0.05, 0.1) is 30.2 Å². The summed E-state index contributed by atoms with van der Waals surface area (Å²) in [4.78, 5) is 20.0. The Labute approximate surface area is 94.7 Å². The Kier molecular flexibility index (Phi) is 3.46. The van der Waals surface area contributed by atoms with Crippen molar-refractivity contribution in [3.63, 3.8) is 0 Å². The molecule has 1 aliphatic heterocycles. The van der Waals surface area contributed by atoms with Gasteiger partial charge < -0.3 is 10.6 Å². The molecule has 1 aromatic rings. The summed E-state index contributed by atoms with van der Waals surface area (Å²) in [6.45, 7) is 3.27. The molecule has 1 aromatic heterocycles. The van der Waals surface area contributed by atoms with Gasteiger partial charge in [-0.3, -0.25) is 14.8 Å². The fourth-order valence-electron chi connectivity index (χ4n) is 1.72. The van der Waals surface area contributed by atoms with Crippen LogP contribution in [0.3, 0.4) is 0 Å². The number of rotatable bonds is 3. The zero-order chi connectivity index (χ0) is 11.4.